The molecular weight excluding hydrogens is 324 g/mol. The summed E-state index contributed by atoms with van der Waals surface area (Å²) < 4.78 is 11.5. The van der Waals surface area contributed by atoms with E-state index in [1.165, 1.54) is 5.56 Å². The van der Waals surface area contributed by atoms with Gasteiger partial charge in [-0.3, -0.25) is 0 Å². The first-order valence-corrected chi connectivity index (χ1v) is 8.56. The maximum absolute atomic E-state index is 6.22. The third-order valence-electron chi connectivity index (χ3n) is 4.54. The Kier molecular flexibility index (Phi) is 3.96. The molecule has 4 nitrogen and oxygen atoms in total. The predicted octanol–water partition coefficient (Wildman–Crippen LogP) is 5.49. The first kappa shape index (κ1) is 16.3. The van der Waals surface area contributed by atoms with Crippen LogP contribution in [0.15, 0.2) is 52.9 Å². The smallest absolute Gasteiger partial charge is 0.230 e. The fourth-order valence-corrected chi connectivity index (χ4v) is 3.25. The summed E-state index contributed by atoms with van der Waals surface area (Å²) in [4.78, 5) is 9.06. The zero-order valence-electron chi connectivity index (χ0n) is 15.3. The highest BCUT2D eigenvalue weighted by atomic mass is 16.5. The van der Waals surface area contributed by atoms with Crippen LogP contribution in [-0.2, 0) is 0 Å². The molecule has 0 atom stereocenters. The van der Waals surface area contributed by atoms with Crippen LogP contribution in [0.3, 0.4) is 0 Å². The average molecular weight is 344 g/mol. The maximum Gasteiger partial charge on any atom is 0.230 e. The molecule has 4 aromatic rings. The van der Waals surface area contributed by atoms with Crippen LogP contribution in [0.4, 0.5) is 0 Å². The van der Waals surface area contributed by atoms with Gasteiger partial charge in [-0.1, -0.05) is 42.0 Å². The van der Waals surface area contributed by atoms with E-state index in [-0.39, 0.29) is 0 Å². The summed E-state index contributed by atoms with van der Waals surface area (Å²) in [6.45, 7) is 5.96. The second-order valence-corrected chi connectivity index (χ2v) is 6.44. The van der Waals surface area contributed by atoms with Crippen molar-refractivity contribution >= 4 is 11.1 Å². The van der Waals surface area contributed by atoms with Gasteiger partial charge in [0.1, 0.15) is 17.3 Å². The summed E-state index contributed by atoms with van der Waals surface area (Å²) in [6.07, 6.45) is 0. The minimum absolute atomic E-state index is 0.622. The van der Waals surface area contributed by atoms with Crippen molar-refractivity contribution < 1.29 is 9.15 Å². The van der Waals surface area contributed by atoms with Crippen molar-refractivity contribution in [2.45, 2.75) is 20.8 Å². The van der Waals surface area contributed by atoms with Gasteiger partial charge in [0.05, 0.1) is 18.2 Å². The van der Waals surface area contributed by atoms with Gasteiger partial charge in [-0.15, -0.1) is 0 Å². The minimum Gasteiger partial charge on any atom is -0.497 e. The molecule has 0 radical (unpaired) electrons. The fraction of sp³-hybridized carbons (Fsp3) is 0.182. The Hall–Kier alpha value is -3.14. The molecule has 0 saturated heterocycles. The molecular formula is C22H20N2O2. The van der Waals surface area contributed by atoms with E-state index in [4.69, 9.17) is 9.15 Å². The van der Waals surface area contributed by atoms with E-state index >= 15 is 0 Å². The summed E-state index contributed by atoms with van der Waals surface area (Å²) >= 11 is 0. The van der Waals surface area contributed by atoms with E-state index < -0.39 is 0 Å². The molecule has 4 heteroatoms. The molecule has 2 aromatic carbocycles. The first-order chi connectivity index (χ1) is 12.6. The largest absolute Gasteiger partial charge is 0.497 e. The number of furan rings is 1. The van der Waals surface area contributed by atoms with E-state index in [0.717, 1.165) is 39.3 Å². The molecule has 0 N–H and O–H groups in total. The summed E-state index contributed by atoms with van der Waals surface area (Å²) in [6, 6.07) is 16.3. The van der Waals surface area contributed by atoms with Crippen LogP contribution in [0.5, 0.6) is 5.75 Å². The van der Waals surface area contributed by atoms with Crippen LogP contribution in [0.25, 0.3) is 33.6 Å². The van der Waals surface area contributed by atoms with Gasteiger partial charge in [0.15, 0.2) is 0 Å². The van der Waals surface area contributed by atoms with E-state index in [1.807, 2.05) is 38.1 Å². The molecule has 0 aliphatic rings. The Morgan fingerprint density at radius 3 is 2.12 bits per heavy atom. The highest BCUT2D eigenvalue weighted by molar-refractivity contribution is 6.01. The molecule has 2 aromatic heterocycles. The van der Waals surface area contributed by atoms with Crippen LogP contribution in [0.2, 0.25) is 0 Å². The highest BCUT2D eigenvalue weighted by Gasteiger charge is 2.21. The molecule has 0 fully saturated rings. The normalized spacial score (nSPS) is 11.1. The maximum atomic E-state index is 6.22. The van der Waals surface area contributed by atoms with E-state index in [0.29, 0.717) is 11.5 Å². The van der Waals surface area contributed by atoms with Crippen molar-refractivity contribution in [2.75, 3.05) is 7.11 Å². The van der Waals surface area contributed by atoms with Crippen molar-refractivity contribution in [1.29, 1.82) is 0 Å². The van der Waals surface area contributed by atoms with Crippen LogP contribution in [0.1, 0.15) is 17.1 Å². The summed E-state index contributed by atoms with van der Waals surface area (Å²) in [5, 5.41) is 0.955. The quantitative estimate of drug-likeness (QED) is 0.493. The second-order valence-electron chi connectivity index (χ2n) is 6.44. The third-order valence-corrected chi connectivity index (χ3v) is 4.54. The zero-order valence-corrected chi connectivity index (χ0v) is 15.3. The van der Waals surface area contributed by atoms with Crippen molar-refractivity contribution in [1.82, 2.24) is 9.97 Å². The SMILES string of the molecule is COc1ccc(-c2c(-c3ccc(C)cc3)oc3nc(C)nc(C)c23)cc1. The average Bonchev–Trinajstić information content (AvgIpc) is 3.02. The number of fused-ring (bicyclic) bond motifs is 1. The van der Waals surface area contributed by atoms with Crippen molar-refractivity contribution in [3.05, 3.63) is 65.6 Å². The van der Waals surface area contributed by atoms with Crippen LogP contribution >= 0.6 is 0 Å². The lowest BCUT2D eigenvalue weighted by Crippen LogP contribution is -1.92. The van der Waals surface area contributed by atoms with Gasteiger partial charge in [0.2, 0.25) is 5.71 Å². The van der Waals surface area contributed by atoms with E-state index in [9.17, 15) is 0 Å². The van der Waals surface area contributed by atoms with Crippen LogP contribution < -0.4 is 4.74 Å². The zero-order chi connectivity index (χ0) is 18.3. The molecule has 0 aliphatic carbocycles. The number of methoxy groups -OCH3 is 1. The number of hydrogen-bond donors (Lipinski definition) is 0. The Balaban J connectivity index is 2.03. The minimum atomic E-state index is 0.622. The Labute approximate surface area is 152 Å². The highest BCUT2D eigenvalue weighted by Crippen LogP contribution is 2.41. The molecule has 0 amide bonds. The molecule has 0 bridgehead atoms. The number of ether oxygens (including phenoxy) is 1. The predicted molar refractivity (Wildman–Crippen MR) is 103 cm³/mol. The second kappa shape index (κ2) is 6.30. The monoisotopic (exact) mass is 344 g/mol. The lowest BCUT2D eigenvalue weighted by molar-refractivity contribution is 0.415. The first-order valence-electron chi connectivity index (χ1n) is 8.56. The van der Waals surface area contributed by atoms with Gasteiger partial charge in [-0.2, -0.15) is 4.98 Å². The van der Waals surface area contributed by atoms with Gasteiger partial charge in [0.25, 0.3) is 0 Å². The summed E-state index contributed by atoms with van der Waals surface area (Å²) in [5.41, 5.74) is 5.84. The van der Waals surface area contributed by atoms with Crippen LogP contribution in [0, 0.1) is 20.8 Å². The van der Waals surface area contributed by atoms with Gasteiger partial charge < -0.3 is 9.15 Å². The van der Waals surface area contributed by atoms with E-state index in [2.05, 4.69) is 41.2 Å². The molecule has 0 spiro atoms. The van der Waals surface area contributed by atoms with Gasteiger partial charge in [0, 0.05) is 11.1 Å². The Morgan fingerprint density at radius 1 is 0.808 bits per heavy atom. The van der Waals surface area contributed by atoms with Crippen molar-refractivity contribution in [3.8, 4) is 28.2 Å². The number of aryl methyl sites for hydroxylation is 3. The standard InChI is InChI=1S/C22H20N2O2/c1-13-5-7-17(8-6-13)21-20(16-9-11-18(25-4)12-10-16)19-14(2)23-15(3)24-22(19)26-21/h5-12H,1-4H3. The Bertz CT molecular complexity index is 1080. The molecule has 26 heavy (non-hydrogen) atoms. The van der Waals surface area contributed by atoms with E-state index in [1.54, 1.807) is 7.11 Å². The lowest BCUT2D eigenvalue weighted by Gasteiger charge is -2.07. The fourth-order valence-electron chi connectivity index (χ4n) is 3.25. The lowest BCUT2D eigenvalue weighted by atomic mass is 9.98. The number of hydrogen-bond acceptors (Lipinski definition) is 4. The van der Waals surface area contributed by atoms with Gasteiger partial charge >= 0.3 is 0 Å². The van der Waals surface area contributed by atoms with Crippen molar-refractivity contribution in [2.24, 2.45) is 0 Å². The van der Waals surface area contributed by atoms with Crippen LogP contribution in [-0.4, -0.2) is 17.1 Å². The number of nitrogens with zero attached hydrogens (tertiary/aromatic N) is 2. The summed E-state index contributed by atoms with van der Waals surface area (Å²) in [7, 11) is 1.67. The molecule has 0 aliphatic heterocycles. The molecule has 0 saturated carbocycles. The number of rotatable bonds is 3. The van der Waals surface area contributed by atoms with Crippen molar-refractivity contribution in [3.63, 3.8) is 0 Å². The van der Waals surface area contributed by atoms with Gasteiger partial charge in [-0.05, 0) is 38.5 Å². The topological polar surface area (TPSA) is 48.2 Å². The molecule has 2 heterocycles. The third kappa shape index (κ3) is 2.73. The van der Waals surface area contributed by atoms with Gasteiger partial charge in [-0.25, -0.2) is 4.98 Å². The number of benzene rings is 2. The Morgan fingerprint density at radius 2 is 1.46 bits per heavy atom. The molecule has 130 valence electrons. The summed E-state index contributed by atoms with van der Waals surface area (Å²) in [5.74, 6) is 2.34. The molecule has 0 unspecified atom stereocenters. The number of aromatic nitrogens is 2. The molecule has 4 rings (SSSR count).